The number of anilines is 2. The first kappa shape index (κ1) is 26.7. The number of rotatable bonds is 8. The minimum absolute atomic E-state index is 0.0348. The monoisotopic (exact) mass is 632 g/mol. The van der Waals surface area contributed by atoms with Gasteiger partial charge in [0.25, 0.3) is 11.8 Å². The fourth-order valence-electron chi connectivity index (χ4n) is 3.94. The van der Waals surface area contributed by atoms with Gasteiger partial charge in [-0.3, -0.25) is 9.59 Å². The van der Waals surface area contributed by atoms with Crippen LogP contribution in [0.2, 0.25) is 0 Å². The molecule has 2 unspecified atom stereocenters. The van der Waals surface area contributed by atoms with Crippen molar-refractivity contribution in [3.63, 3.8) is 0 Å². The van der Waals surface area contributed by atoms with Gasteiger partial charge in [-0.15, -0.1) is 0 Å². The lowest BCUT2D eigenvalue weighted by atomic mass is 9.86. The molecule has 12 heteroatoms. The predicted octanol–water partition coefficient (Wildman–Crippen LogP) is 3.43. The van der Waals surface area contributed by atoms with Gasteiger partial charge in [0.1, 0.15) is 5.92 Å². The summed E-state index contributed by atoms with van der Waals surface area (Å²) in [5.41, 5.74) is 0.325. The van der Waals surface area contributed by atoms with Gasteiger partial charge >= 0.3 is 11.9 Å². The molecule has 0 saturated carbocycles. The van der Waals surface area contributed by atoms with Crippen LogP contribution in [0.1, 0.15) is 13.8 Å². The third-order valence-corrected chi connectivity index (χ3v) is 8.69. The molecule has 10 nitrogen and oxygen atoms in total. The Kier molecular flexibility index (Phi) is 7.88. The van der Waals surface area contributed by atoms with Crippen LogP contribution in [-0.4, -0.2) is 57.5 Å². The summed E-state index contributed by atoms with van der Waals surface area (Å²) in [5.74, 6) is -4.23. The van der Waals surface area contributed by atoms with E-state index in [-0.39, 0.29) is 24.6 Å². The Morgan fingerprint density at radius 2 is 1.41 bits per heavy atom. The van der Waals surface area contributed by atoms with Gasteiger partial charge in [0.05, 0.1) is 29.4 Å². The third kappa shape index (κ3) is 4.71. The maximum absolute atomic E-state index is 13.9. The Morgan fingerprint density at radius 1 is 0.892 bits per heavy atom. The van der Waals surface area contributed by atoms with Crippen molar-refractivity contribution < 1.29 is 28.7 Å². The number of hydrazone groups is 2. The minimum atomic E-state index is -1.88. The standard InChI is InChI=1S/C25H22Br2N4O6/c1-3-36-22(33)18-17(21(32)30(28-18)15-11-7-5-8-12-15)19(26)25(27)20(23(34)37-4-2)29-31(24(25)35)16-13-9-6-10-14-16/h5-14,17,19H,3-4H2,1-2H3/t17?,19?,25-/m0/s1. The number of carbonyl (C=O) groups excluding carboxylic acids is 4. The van der Waals surface area contributed by atoms with Gasteiger partial charge in [0.2, 0.25) is 0 Å². The second-order valence-corrected chi connectivity index (χ2v) is 10.1. The molecule has 2 heterocycles. The Labute approximate surface area is 229 Å². The summed E-state index contributed by atoms with van der Waals surface area (Å²) >= 11 is 6.90. The molecule has 2 aromatic rings. The minimum Gasteiger partial charge on any atom is -0.461 e. The van der Waals surface area contributed by atoms with E-state index in [9.17, 15) is 19.2 Å². The number of nitrogens with zero attached hydrogens (tertiary/aromatic N) is 4. The number of hydrogen-bond acceptors (Lipinski definition) is 8. The lowest BCUT2D eigenvalue weighted by Crippen LogP contribution is -2.56. The molecule has 0 radical (unpaired) electrons. The summed E-state index contributed by atoms with van der Waals surface area (Å²) in [6.07, 6.45) is 0. The molecule has 192 valence electrons. The molecule has 0 spiro atoms. The number of benzene rings is 2. The highest BCUT2D eigenvalue weighted by Crippen LogP contribution is 2.44. The molecule has 2 aromatic carbocycles. The maximum atomic E-state index is 13.9. The molecule has 2 aliphatic rings. The number of ether oxygens (including phenoxy) is 2. The van der Waals surface area contributed by atoms with Crippen LogP contribution in [0.3, 0.4) is 0 Å². The average Bonchev–Trinajstić information content (AvgIpc) is 3.39. The van der Waals surface area contributed by atoms with Gasteiger partial charge in [0, 0.05) is 0 Å². The van der Waals surface area contributed by atoms with E-state index in [1.165, 1.54) is 0 Å². The summed E-state index contributed by atoms with van der Waals surface area (Å²) in [6, 6.07) is 17.0. The van der Waals surface area contributed by atoms with Crippen molar-refractivity contribution >= 4 is 78.4 Å². The normalized spacial score (nSPS) is 22.0. The first-order chi connectivity index (χ1) is 17.7. The van der Waals surface area contributed by atoms with Crippen LogP contribution in [0.4, 0.5) is 11.4 Å². The van der Waals surface area contributed by atoms with Gasteiger partial charge in [0.15, 0.2) is 15.7 Å². The molecular formula is C25H22Br2N4O6. The molecule has 3 atom stereocenters. The number of hydrogen-bond donors (Lipinski definition) is 0. The number of para-hydroxylation sites is 2. The number of esters is 2. The zero-order valence-electron chi connectivity index (χ0n) is 19.8. The van der Waals surface area contributed by atoms with Crippen LogP contribution in [0.5, 0.6) is 0 Å². The summed E-state index contributed by atoms with van der Waals surface area (Å²) in [6.45, 7) is 3.33. The third-order valence-electron chi connectivity index (χ3n) is 5.65. The summed E-state index contributed by atoms with van der Waals surface area (Å²) in [7, 11) is 0. The van der Waals surface area contributed by atoms with Crippen molar-refractivity contribution in [3.8, 4) is 0 Å². The molecule has 37 heavy (non-hydrogen) atoms. The fraction of sp³-hybridized carbons (Fsp3) is 0.280. The highest BCUT2D eigenvalue weighted by Gasteiger charge is 2.63. The molecule has 0 aliphatic carbocycles. The van der Waals surface area contributed by atoms with Crippen molar-refractivity contribution in [1.82, 2.24) is 0 Å². The van der Waals surface area contributed by atoms with Crippen LogP contribution in [0.15, 0.2) is 70.9 Å². The molecule has 0 N–H and O–H groups in total. The van der Waals surface area contributed by atoms with E-state index in [0.29, 0.717) is 11.4 Å². The van der Waals surface area contributed by atoms with Gasteiger partial charge < -0.3 is 9.47 Å². The number of carbonyl (C=O) groups is 4. The topological polar surface area (TPSA) is 118 Å². The zero-order valence-corrected chi connectivity index (χ0v) is 23.0. The van der Waals surface area contributed by atoms with E-state index in [1.807, 2.05) is 0 Å². The second kappa shape index (κ2) is 10.9. The number of amides is 2. The number of halogens is 2. The van der Waals surface area contributed by atoms with Crippen molar-refractivity contribution in [2.75, 3.05) is 23.2 Å². The molecule has 2 aliphatic heterocycles. The highest BCUT2D eigenvalue weighted by atomic mass is 79.9. The van der Waals surface area contributed by atoms with E-state index >= 15 is 0 Å². The van der Waals surface area contributed by atoms with Crippen LogP contribution in [0, 0.1) is 5.92 Å². The van der Waals surface area contributed by atoms with Gasteiger partial charge in [-0.2, -0.15) is 20.2 Å². The lowest BCUT2D eigenvalue weighted by molar-refractivity contribution is -0.136. The van der Waals surface area contributed by atoms with Gasteiger partial charge in [-0.25, -0.2) is 9.59 Å². The van der Waals surface area contributed by atoms with Crippen molar-refractivity contribution in [1.29, 1.82) is 0 Å². The van der Waals surface area contributed by atoms with Gasteiger partial charge in [-0.1, -0.05) is 68.3 Å². The summed E-state index contributed by atoms with van der Waals surface area (Å²) in [5, 5.41) is 10.7. The van der Waals surface area contributed by atoms with Crippen LogP contribution in [0.25, 0.3) is 0 Å². The fourth-order valence-corrected chi connectivity index (χ4v) is 5.51. The summed E-state index contributed by atoms with van der Waals surface area (Å²) in [4.78, 5) is 52.3. The average molecular weight is 634 g/mol. The van der Waals surface area contributed by atoms with E-state index in [4.69, 9.17) is 9.47 Å². The van der Waals surface area contributed by atoms with Gasteiger partial charge in [-0.05, 0) is 38.1 Å². The molecule has 2 amide bonds. The molecule has 0 bridgehead atoms. The van der Waals surface area contributed by atoms with E-state index in [0.717, 1.165) is 10.0 Å². The Bertz CT molecular complexity index is 1290. The Hall–Kier alpha value is -3.38. The Balaban J connectivity index is 1.80. The number of alkyl halides is 2. The Morgan fingerprint density at radius 3 is 1.95 bits per heavy atom. The largest absolute Gasteiger partial charge is 0.461 e. The first-order valence-corrected chi connectivity index (χ1v) is 13.1. The lowest BCUT2D eigenvalue weighted by Gasteiger charge is -2.30. The summed E-state index contributed by atoms with van der Waals surface area (Å²) < 4.78 is 8.46. The smallest absolute Gasteiger partial charge is 0.356 e. The quantitative estimate of drug-likeness (QED) is 0.325. The predicted molar refractivity (Wildman–Crippen MR) is 144 cm³/mol. The van der Waals surface area contributed by atoms with E-state index < -0.39 is 38.8 Å². The van der Waals surface area contributed by atoms with E-state index in [2.05, 4.69) is 42.1 Å². The van der Waals surface area contributed by atoms with Crippen LogP contribution in [-0.2, 0) is 28.7 Å². The molecule has 0 saturated heterocycles. The first-order valence-electron chi connectivity index (χ1n) is 11.4. The molecule has 0 aromatic heterocycles. The van der Waals surface area contributed by atoms with Crippen LogP contribution >= 0.6 is 31.9 Å². The second-order valence-electron chi connectivity index (χ2n) is 7.90. The van der Waals surface area contributed by atoms with Crippen LogP contribution < -0.4 is 10.0 Å². The van der Waals surface area contributed by atoms with Crippen molar-refractivity contribution in [2.24, 2.45) is 16.1 Å². The van der Waals surface area contributed by atoms with Crippen molar-refractivity contribution in [2.45, 2.75) is 23.0 Å². The maximum Gasteiger partial charge on any atom is 0.356 e. The highest BCUT2D eigenvalue weighted by molar-refractivity contribution is 9.13. The van der Waals surface area contributed by atoms with E-state index in [1.54, 1.807) is 74.5 Å². The SMILES string of the molecule is CCOC(=O)C1=NN(c2ccccc2)C(=O)C1C(Br)[C@@]1(Br)C(=O)N(c2ccccc2)N=C1C(=O)OCC. The molecule has 4 rings (SSSR count). The molecule has 0 fully saturated rings. The molecular weight excluding hydrogens is 612 g/mol. The van der Waals surface area contributed by atoms with Crippen molar-refractivity contribution in [3.05, 3.63) is 60.7 Å². The zero-order chi connectivity index (χ0) is 26.7.